The van der Waals surface area contributed by atoms with Crippen molar-refractivity contribution in [3.8, 4) is 0 Å². The largest absolute Gasteiger partial charge is 0.348 e. The van der Waals surface area contributed by atoms with E-state index >= 15 is 8.78 Å². The van der Waals surface area contributed by atoms with E-state index in [1.807, 2.05) is 0 Å². The molecule has 3 heterocycles. The van der Waals surface area contributed by atoms with Gasteiger partial charge in [-0.3, -0.25) is 0 Å². The van der Waals surface area contributed by atoms with Gasteiger partial charge in [-0.25, -0.2) is 23.4 Å². The van der Waals surface area contributed by atoms with Crippen LogP contribution in [-0.2, 0) is 28.4 Å². The van der Waals surface area contributed by atoms with Crippen LogP contribution in [-0.4, -0.2) is 52.4 Å². The van der Waals surface area contributed by atoms with Gasteiger partial charge in [-0.15, -0.1) is 8.98 Å². The molecule has 1 aliphatic rings. The van der Waals surface area contributed by atoms with E-state index in [1.165, 1.54) is 42.5 Å². The Bertz CT molecular complexity index is 1560. The number of anilines is 1. The molecule has 194 valence electrons. The van der Waals surface area contributed by atoms with Crippen LogP contribution >= 0.6 is 0 Å². The molecule has 0 spiro atoms. The highest BCUT2D eigenvalue weighted by Crippen LogP contribution is 2.38. The van der Waals surface area contributed by atoms with Crippen LogP contribution < -0.4 is 4.90 Å². The summed E-state index contributed by atoms with van der Waals surface area (Å²) in [5.74, 6) is -8.75. The molecular weight excluding hydrogens is 519 g/mol. The SMILES string of the molecule is O=S(=O)(F)Cc1ccccc1Cn1nnc2c(N3CCC(F)(F)C3)nc(C(F)(F)c3ccccc3)nc21. The van der Waals surface area contributed by atoms with E-state index in [4.69, 9.17) is 0 Å². The fourth-order valence-corrected chi connectivity index (χ4v) is 4.86. The molecule has 0 radical (unpaired) electrons. The smallest absolute Gasteiger partial charge is 0.331 e. The number of halogens is 5. The van der Waals surface area contributed by atoms with Crippen LogP contribution in [0.15, 0.2) is 54.6 Å². The lowest BCUT2D eigenvalue weighted by atomic mass is 10.1. The zero-order chi connectivity index (χ0) is 26.4. The van der Waals surface area contributed by atoms with Crippen LogP contribution in [0, 0.1) is 0 Å². The second-order valence-electron chi connectivity index (χ2n) is 8.71. The number of fused-ring (bicyclic) bond motifs is 1. The Balaban J connectivity index is 1.64. The summed E-state index contributed by atoms with van der Waals surface area (Å²) in [6.07, 6.45) is -0.484. The number of alkyl halides is 4. The number of hydrogen-bond donors (Lipinski definition) is 0. The first-order chi connectivity index (χ1) is 17.4. The lowest BCUT2D eigenvalue weighted by Gasteiger charge is -2.21. The lowest BCUT2D eigenvalue weighted by Crippen LogP contribution is -2.28. The molecule has 2 aromatic carbocycles. The molecule has 1 aliphatic heterocycles. The maximum atomic E-state index is 15.5. The average molecular weight is 539 g/mol. The summed E-state index contributed by atoms with van der Waals surface area (Å²) < 4.78 is 96.0. The fraction of sp³-hybridized carbons (Fsp3) is 0.304. The van der Waals surface area contributed by atoms with Crippen LogP contribution in [0.3, 0.4) is 0 Å². The number of rotatable bonds is 7. The van der Waals surface area contributed by atoms with Crippen LogP contribution in [0.25, 0.3) is 11.2 Å². The van der Waals surface area contributed by atoms with Crippen LogP contribution in [0.4, 0.5) is 27.3 Å². The van der Waals surface area contributed by atoms with E-state index in [0.717, 1.165) is 9.58 Å². The van der Waals surface area contributed by atoms with Crippen molar-refractivity contribution in [1.29, 1.82) is 0 Å². The zero-order valence-electron chi connectivity index (χ0n) is 19.0. The average Bonchev–Trinajstić information content (AvgIpc) is 3.42. The minimum Gasteiger partial charge on any atom is -0.348 e. The first-order valence-corrected chi connectivity index (χ1v) is 12.7. The van der Waals surface area contributed by atoms with E-state index in [0.29, 0.717) is 5.56 Å². The Kier molecular flexibility index (Phi) is 6.09. The molecule has 14 heteroatoms. The Morgan fingerprint density at radius 3 is 2.30 bits per heavy atom. The van der Waals surface area contributed by atoms with Crippen molar-refractivity contribution < 1.29 is 29.9 Å². The molecule has 0 unspecified atom stereocenters. The van der Waals surface area contributed by atoms with E-state index in [2.05, 4.69) is 20.3 Å². The summed E-state index contributed by atoms with van der Waals surface area (Å²) in [7, 11) is -4.85. The second-order valence-corrected chi connectivity index (χ2v) is 10.1. The van der Waals surface area contributed by atoms with Crippen LogP contribution in [0.1, 0.15) is 28.9 Å². The third kappa shape index (κ3) is 5.10. The van der Waals surface area contributed by atoms with Crippen LogP contribution in [0.2, 0.25) is 0 Å². The molecule has 8 nitrogen and oxygen atoms in total. The maximum Gasteiger partial charge on any atom is 0.331 e. The summed E-state index contributed by atoms with van der Waals surface area (Å²) in [5.41, 5.74) is -0.161. The van der Waals surface area contributed by atoms with Crippen molar-refractivity contribution >= 4 is 27.2 Å². The minimum absolute atomic E-state index is 0.0686. The first-order valence-electron chi connectivity index (χ1n) is 11.1. The predicted octanol–water partition coefficient (Wildman–Crippen LogP) is 4.05. The highest BCUT2D eigenvalue weighted by Gasteiger charge is 2.43. The van der Waals surface area contributed by atoms with Gasteiger partial charge in [0.2, 0.25) is 5.82 Å². The van der Waals surface area contributed by atoms with Crippen molar-refractivity contribution in [1.82, 2.24) is 25.0 Å². The molecule has 5 rings (SSSR count). The first kappa shape index (κ1) is 25.0. The normalized spacial score (nSPS) is 16.0. The lowest BCUT2D eigenvalue weighted by molar-refractivity contribution is 0.0256. The summed E-state index contributed by atoms with van der Waals surface area (Å²) in [5, 5.41) is 7.93. The van der Waals surface area contributed by atoms with Gasteiger partial charge in [0.15, 0.2) is 17.0 Å². The highest BCUT2D eigenvalue weighted by molar-refractivity contribution is 7.85. The Morgan fingerprint density at radius 1 is 0.973 bits per heavy atom. The van der Waals surface area contributed by atoms with E-state index in [-0.39, 0.29) is 35.6 Å². The highest BCUT2D eigenvalue weighted by atomic mass is 32.3. The van der Waals surface area contributed by atoms with Crippen molar-refractivity contribution in [2.24, 2.45) is 0 Å². The summed E-state index contributed by atoms with van der Waals surface area (Å²) in [6.45, 7) is -1.07. The Hall–Kier alpha value is -3.68. The number of benzene rings is 2. The molecular formula is C23H19F5N6O2S. The fourth-order valence-electron chi connectivity index (χ4n) is 4.20. The molecule has 0 saturated carbocycles. The maximum absolute atomic E-state index is 15.5. The molecule has 1 fully saturated rings. The number of aromatic nitrogens is 5. The van der Waals surface area contributed by atoms with E-state index in [9.17, 15) is 21.1 Å². The molecule has 0 bridgehead atoms. The van der Waals surface area contributed by atoms with Crippen molar-refractivity contribution in [2.75, 3.05) is 18.0 Å². The van der Waals surface area contributed by atoms with Gasteiger partial charge in [0, 0.05) is 18.5 Å². The molecule has 37 heavy (non-hydrogen) atoms. The second kappa shape index (κ2) is 9.01. The van der Waals surface area contributed by atoms with Crippen molar-refractivity contribution in [3.63, 3.8) is 0 Å². The van der Waals surface area contributed by atoms with Gasteiger partial charge in [-0.2, -0.15) is 17.2 Å². The molecule has 4 aromatic rings. The van der Waals surface area contributed by atoms with E-state index < -0.39 is 52.2 Å². The molecule has 0 aliphatic carbocycles. The third-order valence-electron chi connectivity index (χ3n) is 6.00. The van der Waals surface area contributed by atoms with Gasteiger partial charge >= 0.3 is 16.1 Å². The molecule has 2 aromatic heterocycles. The molecule has 1 saturated heterocycles. The molecule has 0 N–H and O–H groups in total. The summed E-state index contributed by atoms with van der Waals surface area (Å²) in [6, 6.07) is 12.8. The summed E-state index contributed by atoms with van der Waals surface area (Å²) >= 11 is 0. The van der Waals surface area contributed by atoms with Gasteiger partial charge in [-0.05, 0) is 11.1 Å². The van der Waals surface area contributed by atoms with Gasteiger partial charge in [0.25, 0.3) is 5.92 Å². The van der Waals surface area contributed by atoms with E-state index in [1.54, 1.807) is 12.1 Å². The number of hydrogen-bond acceptors (Lipinski definition) is 7. The van der Waals surface area contributed by atoms with Crippen molar-refractivity contribution in [3.05, 3.63) is 77.1 Å². The predicted molar refractivity (Wildman–Crippen MR) is 124 cm³/mol. The summed E-state index contributed by atoms with van der Waals surface area (Å²) in [4.78, 5) is 9.16. The molecule has 0 atom stereocenters. The monoisotopic (exact) mass is 538 g/mol. The Morgan fingerprint density at radius 2 is 1.65 bits per heavy atom. The standard InChI is InChI=1S/C23H19F5N6O2S/c24-22(25)10-11-33(14-22)19-18-20(30-21(29-19)23(26,27)17-8-2-1-3-9-17)34(32-31-18)12-15-6-4-5-7-16(15)13-37(28,35)36/h1-9H,10-14H2. The minimum atomic E-state index is -4.85. The topological polar surface area (TPSA) is 93.9 Å². The quantitative estimate of drug-likeness (QED) is 0.259. The van der Waals surface area contributed by atoms with Gasteiger partial charge in [-0.1, -0.05) is 59.8 Å². The third-order valence-corrected chi connectivity index (χ3v) is 6.65. The number of nitrogens with zero attached hydrogens (tertiary/aromatic N) is 6. The van der Waals surface area contributed by atoms with Gasteiger partial charge in [0.05, 0.1) is 13.1 Å². The molecule has 0 amide bonds. The zero-order valence-corrected chi connectivity index (χ0v) is 19.8. The van der Waals surface area contributed by atoms with Crippen LogP contribution in [0.5, 0.6) is 0 Å². The van der Waals surface area contributed by atoms with Crippen molar-refractivity contribution in [2.45, 2.75) is 30.6 Å². The van der Waals surface area contributed by atoms with Gasteiger partial charge in [0.1, 0.15) is 5.75 Å². The Labute approximate surface area is 208 Å². The van der Waals surface area contributed by atoms with Gasteiger partial charge < -0.3 is 4.90 Å².